The molecule has 2 heterocycles. The molecule has 0 saturated carbocycles. The van der Waals surface area contributed by atoms with Crippen molar-refractivity contribution in [3.05, 3.63) is 18.0 Å². The van der Waals surface area contributed by atoms with E-state index in [2.05, 4.69) is 5.10 Å². The van der Waals surface area contributed by atoms with Gasteiger partial charge < -0.3 is 5.73 Å². The summed E-state index contributed by atoms with van der Waals surface area (Å²) in [7, 11) is 0. The van der Waals surface area contributed by atoms with E-state index in [1.165, 1.54) is 11.9 Å². The highest BCUT2D eigenvalue weighted by Crippen LogP contribution is 2.27. The largest absolute Gasteiger partial charge is 0.366 e. The topological polar surface area (TPSA) is 60.9 Å². The molecule has 1 saturated heterocycles. The van der Waals surface area contributed by atoms with Gasteiger partial charge in [0.2, 0.25) is 0 Å². The molecule has 5 heteroatoms. The lowest BCUT2D eigenvalue weighted by Crippen LogP contribution is -2.11. The number of nitrogens with zero attached hydrogens (tertiary/aromatic N) is 2. The second-order valence-corrected chi connectivity index (χ2v) is 4.24. The Morgan fingerprint density at radius 2 is 2.62 bits per heavy atom. The van der Waals surface area contributed by atoms with Gasteiger partial charge >= 0.3 is 0 Å². The van der Waals surface area contributed by atoms with Crippen LogP contribution >= 0.6 is 11.8 Å². The van der Waals surface area contributed by atoms with Crippen LogP contribution in [0.1, 0.15) is 22.8 Å². The number of hydrogen-bond donors (Lipinski definition) is 1. The first-order valence-corrected chi connectivity index (χ1v) is 5.34. The Balaban J connectivity index is 2.16. The molecule has 1 aromatic heterocycles. The monoisotopic (exact) mass is 197 g/mol. The summed E-state index contributed by atoms with van der Waals surface area (Å²) in [4.78, 5) is 10.8. The van der Waals surface area contributed by atoms with Crippen LogP contribution in [0.4, 0.5) is 0 Å². The van der Waals surface area contributed by atoms with E-state index in [1.807, 2.05) is 16.4 Å². The van der Waals surface area contributed by atoms with Crippen LogP contribution in [-0.2, 0) is 0 Å². The van der Waals surface area contributed by atoms with Crippen LogP contribution in [0.15, 0.2) is 12.4 Å². The minimum Gasteiger partial charge on any atom is -0.366 e. The van der Waals surface area contributed by atoms with Crippen LogP contribution in [-0.4, -0.2) is 27.2 Å². The van der Waals surface area contributed by atoms with Crippen molar-refractivity contribution in [1.29, 1.82) is 0 Å². The molecule has 2 N–H and O–H groups in total. The first-order chi connectivity index (χ1) is 6.27. The predicted molar refractivity (Wildman–Crippen MR) is 51.7 cm³/mol. The zero-order chi connectivity index (χ0) is 9.26. The fourth-order valence-electron chi connectivity index (χ4n) is 1.40. The summed E-state index contributed by atoms with van der Waals surface area (Å²) in [6.07, 6.45) is 4.40. The molecule has 1 aliphatic heterocycles. The van der Waals surface area contributed by atoms with Crippen molar-refractivity contribution in [2.24, 2.45) is 5.73 Å². The van der Waals surface area contributed by atoms with Crippen LogP contribution < -0.4 is 5.73 Å². The molecule has 0 aliphatic carbocycles. The highest BCUT2D eigenvalue weighted by molar-refractivity contribution is 7.99. The van der Waals surface area contributed by atoms with E-state index in [0.717, 1.165) is 12.2 Å². The Hall–Kier alpha value is -0.970. The van der Waals surface area contributed by atoms with Crippen LogP contribution in [0, 0.1) is 0 Å². The molecule has 70 valence electrons. The Bertz CT molecular complexity index is 317. The van der Waals surface area contributed by atoms with Crippen LogP contribution in [0.3, 0.4) is 0 Å². The molecule has 13 heavy (non-hydrogen) atoms. The van der Waals surface area contributed by atoms with Crippen molar-refractivity contribution in [2.45, 2.75) is 12.5 Å². The molecule has 0 bridgehead atoms. The SMILES string of the molecule is NC(=O)c1cnn(C2CCSC2)c1. The van der Waals surface area contributed by atoms with Gasteiger partial charge in [-0.15, -0.1) is 0 Å². The van der Waals surface area contributed by atoms with Gasteiger partial charge in [0.05, 0.1) is 17.8 Å². The van der Waals surface area contributed by atoms with Crippen LogP contribution in [0.5, 0.6) is 0 Å². The maximum Gasteiger partial charge on any atom is 0.251 e. The Morgan fingerprint density at radius 3 is 3.15 bits per heavy atom. The van der Waals surface area contributed by atoms with Gasteiger partial charge in [-0.3, -0.25) is 9.48 Å². The van der Waals surface area contributed by atoms with Crippen molar-refractivity contribution >= 4 is 17.7 Å². The molecule has 1 aromatic rings. The average molecular weight is 197 g/mol. The summed E-state index contributed by atoms with van der Waals surface area (Å²) in [6.45, 7) is 0. The Kier molecular flexibility index (Phi) is 2.26. The van der Waals surface area contributed by atoms with E-state index in [1.54, 1.807) is 6.20 Å². The van der Waals surface area contributed by atoms with Gasteiger partial charge in [-0.1, -0.05) is 0 Å². The van der Waals surface area contributed by atoms with Crippen LogP contribution in [0.2, 0.25) is 0 Å². The van der Waals surface area contributed by atoms with Crippen molar-refractivity contribution in [3.8, 4) is 0 Å². The standard InChI is InChI=1S/C8H11N3OS/c9-8(12)6-3-10-11(4-6)7-1-2-13-5-7/h3-4,7H,1-2,5H2,(H2,9,12). The van der Waals surface area contributed by atoms with Crippen LogP contribution in [0.25, 0.3) is 0 Å². The van der Waals surface area contributed by atoms with E-state index in [0.29, 0.717) is 11.6 Å². The minimum atomic E-state index is -0.406. The van der Waals surface area contributed by atoms with E-state index in [9.17, 15) is 4.79 Å². The van der Waals surface area contributed by atoms with Crippen molar-refractivity contribution in [1.82, 2.24) is 9.78 Å². The number of aromatic nitrogens is 2. The Morgan fingerprint density at radius 1 is 1.77 bits per heavy atom. The zero-order valence-corrected chi connectivity index (χ0v) is 7.96. The van der Waals surface area contributed by atoms with Crippen molar-refractivity contribution < 1.29 is 4.79 Å². The fraction of sp³-hybridized carbons (Fsp3) is 0.500. The molecular formula is C8H11N3OS. The summed E-state index contributed by atoms with van der Waals surface area (Å²) in [6, 6.07) is 0.443. The van der Waals surface area contributed by atoms with Gasteiger partial charge in [-0.2, -0.15) is 16.9 Å². The fourth-order valence-corrected chi connectivity index (χ4v) is 2.59. The van der Waals surface area contributed by atoms with Gasteiger partial charge in [0.15, 0.2) is 0 Å². The highest BCUT2D eigenvalue weighted by atomic mass is 32.2. The lowest BCUT2D eigenvalue weighted by Gasteiger charge is -2.07. The molecule has 0 aromatic carbocycles. The third kappa shape index (κ3) is 1.70. The number of amides is 1. The summed E-state index contributed by atoms with van der Waals surface area (Å²) in [5, 5.41) is 4.12. The van der Waals surface area contributed by atoms with Gasteiger partial charge in [-0.25, -0.2) is 0 Å². The quantitative estimate of drug-likeness (QED) is 0.757. The molecule has 1 unspecified atom stereocenters. The summed E-state index contributed by atoms with van der Waals surface area (Å²) in [5.41, 5.74) is 5.63. The zero-order valence-electron chi connectivity index (χ0n) is 7.14. The molecule has 1 aliphatic rings. The first kappa shape index (κ1) is 8.62. The number of nitrogens with two attached hydrogens (primary N) is 1. The Labute approximate surface area is 80.5 Å². The average Bonchev–Trinajstić information content (AvgIpc) is 2.75. The van der Waals surface area contributed by atoms with Crippen molar-refractivity contribution in [2.75, 3.05) is 11.5 Å². The smallest absolute Gasteiger partial charge is 0.251 e. The lowest BCUT2D eigenvalue weighted by molar-refractivity contribution is 0.1000. The highest BCUT2D eigenvalue weighted by Gasteiger charge is 2.18. The molecule has 1 atom stereocenters. The molecule has 1 amide bonds. The molecule has 2 rings (SSSR count). The third-order valence-corrected chi connectivity index (χ3v) is 3.31. The number of rotatable bonds is 2. The van der Waals surface area contributed by atoms with E-state index in [-0.39, 0.29) is 0 Å². The maximum absolute atomic E-state index is 10.8. The van der Waals surface area contributed by atoms with Gasteiger partial charge in [0.1, 0.15) is 0 Å². The molecule has 1 fully saturated rings. The van der Waals surface area contributed by atoms with Gasteiger partial charge in [0.25, 0.3) is 5.91 Å². The molecular weight excluding hydrogens is 186 g/mol. The minimum absolute atomic E-state index is 0.406. The summed E-state index contributed by atoms with van der Waals surface area (Å²) >= 11 is 1.92. The molecule has 0 spiro atoms. The first-order valence-electron chi connectivity index (χ1n) is 4.19. The number of primary amides is 1. The van der Waals surface area contributed by atoms with E-state index < -0.39 is 5.91 Å². The number of carbonyl (C=O) groups is 1. The number of thioether (sulfide) groups is 1. The third-order valence-electron chi connectivity index (χ3n) is 2.17. The van der Waals surface area contributed by atoms with E-state index >= 15 is 0 Å². The van der Waals surface area contributed by atoms with Gasteiger partial charge in [0, 0.05) is 11.9 Å². The summed E-state index contributed by atoms with van der Waals surface area (Å²) in [5.74, 6) is 1.85. The maximum atomic E-state index is 10.8. The lowest BCUT2D eigenvalue weighted by atomic mass is 10.3. The predicted octanol–water partition coefficient (Wildman–Crippen LogP) is 0.660. The van der Waals surface area contributed by atoms with E-state index in [4.69, 9.17) is 5.73 Å². The van der Waals surface area contributed by atoms with Gasteiger partial charge in [-0.05, 0) is 12.2 Å². The number of carbonyl (C=O) groups excluding carboxylic acids is 1. The summed E-state index contributed by atoms with van der Waals surface area (Å²) < 4.78 is 1.85. The van der Waals surface area contributed by atoms with Crippen molar-refractivity contribution in [3.63, 3.8) is 0 Å². The molecule has 0 radical (unpaired) electrons. The molecule has 4 nitrogen and oxygen atoms in total. The number of hydrogen-bond acceptors (Lipinski definition) is 3. The second kappa shape index (κ2) is 3.41. The normalized spacial score (nSPS) is 22.0. The second-order valence-electron chi connectivity index (χ2n) is 3.09.